The molecule has 0 radical (unpaired) electrons. The van der Waals surface area contributed by atoms with E-state index < -0.39 is 0 Å². The van der Waals surface area contributed by atoms with Gasteiger partial charge in [0.2, 0.25) is 5.91 Å². The number of aromatic nitrogens is 1. The molecule has 0 fully saturated rings. The molecule has 1 unspecified atom stereocenters. The van der Waals surface area contributed by atoms with Crippen LogP contribution in [-0.4, -0.2) is 29.5 Å². The fourth-order valence-corrected chi connectivity index (χ4v) is 4.24. The van der Waals surface area contributed by atoms with Crippen molar-refractivity contribution in [2.75, 3.05) is 6.54 Å². The normalized spacial score (nSPS) is 15.3. The summed E-state index contributed by atoms with van der Waals surface area (Å²) in [5.41, 5.74) is 1.94. The maximum Gasteiger partial charge on any atom is 0.244 e. The van der Waals surface area contributed by atoms with E-state index in [1.54, 1.807) is 19.1 Å². The van der Waals surface area contributed by atoms with Crippen LogP contribution in [0.15, 0.2) is 47.1 Å². The third-order valence-corrected chi connectivity index (χ3v) is 5.97. The van der Waals surface area contributed by atoms with E-state index in [-0.39, 0.29) is 17.8 Å². The van der Waals surface area contributed by atoms with Crippen molar-refractivity contribution < 1.29 is 18.8 Å². The third-order valence-electron chi connectivity index (χ3n) is 4.45. The molecule has 3 heterocycles. The van der Waals surface area contributed by atoms with Gasteiger partial charge < -0.3 is 14.6 Å². The van der Waals surface area contributed by atoms with Gasteiger partial charge in [-0.2, -0.15) is 0 Å². The Kier molecular flexibility index (Phi) is 5.51. The molecule has 29 heavy (non-hydrogen) atoms. The first-order valence-corrected chi connectivity index (χ1v) is 10.2. The molecule has 1 aliphatic heterocycles. The van der Waals surface area contributed by atoms with Gasteiger partial charge in [-0.25, -0.2) is 0 Å². The van der Waals surface area contributed by atoms with Crippen molar-refractivity contribution in [2.24, 2.45) is 0 Å². The van der Waals surface area contributed by atoms with Gasteiger partial charge in [0.05, 0.1) is 22.6 Å². The molecule has 8 heteroatoms. The Bertz CT molecular complexity index is 1090. The summed E-state index contributed by atoms with van der Waals surface area (Å²) in [5.74, 6) is 0.953. The Labute approximate surface area is 176 Å². The van der Waals surface area contributed by atoms with Crippen LogP contribution in [0.3, 0.4) is 0 Å². The Morgan fingerprint density at radius 3 is 2.93 bits per heavy atom. The molecule has 1 N–H and O–H groups in total. The Hall–Kier alpha value is -2.90. The summed E-state index contributed by atoms with van der Waals surface area (Å²) in [7, 11) is 0. The topological polar surface area (TPSA) is 81.4 Å². The molecule has 0 spiro atoms. The third kappa shape index (κ3) is 4.41. The highest BCUT2D eigenvalue weighted by Crippen LogP contribution is 2.41. The quantitative estimate of drug-likeness (QED) is 0.465. The van der Waals surface area contributed by atoms with Gasteiger partial charge in [0.25, 0.3) is 0 Å². The lowest BCUT2D eigenvalue weighted by molar-refractivity contribution is -0.116. The number of rotatable bonds is 6. The van der Waals surface area contributed by atoms with Crippen LogP contribution in [-0.2, 0) is 11.2 Å². The molecule has 148 valence electrons. The molecule has 1 aliphatic rings. The van der Waals surface area contributed by atoms with Crippen molar-refractivity contribution in [3.63, 3.8) is 0 Å². The van der Waals surface area contributed by atoms with E-state index in [4.69, 9.17) is 20.9 Å². The second kappa shape index (κ2) is 8.23. The largest absolute Gasteiger partial charge is 0.486 e. The lowest BCUT2D eigenvalue weighted by Crippen LogP contribution is -2.33. The number of nitrogens with zero attached hydrogens (tertiary/aromatic N) is 1. The maximum absolute atomic E-state index is 12.0. The summed E-state index contributed by atoms with van der Waals surface area (Å²) < 4.78 is 10.8. The number of ether oxygens (including phenoxy) is 1. The summed E-state index contributed by atoms with van der Waals surface area (Å²) in [5, 5.41) is 6.91. The van der Waals surface area contributed by atoms with Gasteiger partial charge in [-0.1, -0.05) is 16.8 Å². The number of thiophene rings is 1. The fraction of sp³-hybridized carbons (Fsp3) is 0.190. The summed E-state index contributed by atoms with van der Waals surface area (Å²) in [6.45, 7) is 1.91. The fourth-order valence-electron chi connectivity index (χ4n) is 3.07. The van der Waals surface area contributed by atoms with Crippen LogP contribution in [0, 0.1) is 0 Å². The van der Waals surface area contributed by atoms with Crippen LogP contribution in [0.4, 0.5) is 0 Å². The average molecular weight is 429 g/mol. The lowest BCUT2D eigenvalue weighted by atomic mass is 10.1. The van der Waals surface area contributed by atoms with Gasteiger partial charge in [0.15, 0.2) is 11.5 Å². The minimum absolute atomic E-state index is 0.0463. The number of fused-ring (bicyclic) bond motifs is 1. The van der Waals surface area contributed by atoms with Crippen molar-refractivity contribution in [3.8, 4) is 16.2 Å². The number of Topliss-reactive ketones (excluding diaryl/α,β-unsaturated/α-hetero) is 1. The first-order valence-electron chi connectivity index (χ1n) is 8.96. The molecule has 4 rings (SSSR count). The van der Waals surface area contributed by atoms with Gasteiger partial charge in [0, 0.05) is 29.0 Å². The molecule has 1 atom stereocenters. The number of nitrogens with one attached hydrogen (secondary N) is 1. The zero-order valence-corrected chi connectivity index (χ0v) is 17.0. The highest BCUT2D eigenvalue weighted by Gasteiger charge is 2.26. The minimum atomic E-state index is -0.247. The van der Waals surface area contributed by atoms with Crippen LogP contribution < -0.4 is 10.1 Å². The Morgan fingerprint density at radius 1 is 1.34 bits per heavy atom. The van der Waals surface area contributed by atoms with Crippen molar-refractivity contribution in [2.45, 2.75) is 19.4 Å². The lowest BCUT2D eigenvalue weighted by Gasteiger charge is -2.11. The average Bonchev–Trinajstić information content (AvgIpc) is 3.44. The van der Waals surface area contributed by atoms with Gasteiger partial charge in [-0.15, -0.1) is 11.3 Å². The first kappa shape index (κ1) is 19.4. The molecule has 0 saturated heterocycles. The molecular formula is C21H17ClN2O4S. The summed E-state index contributed by atoms with van der Waals surface area (Å²) in [4.78, 5) is 25.2. The van der Waals surface area contributed by atoms with Crippen LogP contribution in [0.1, 0.15) is 27.9 Å². The number of halogens is 1. The van der Waals surface area contributed by atoms with Gasteiger partial charge in [-0.3, -0.25) is 9.59 Å². The number of carbonyl (C=O) groups excluding carboxylic acids is 2. The van der Waals surface area contributed by atoms with E-state index in [1.807, 2.05) is 24.3 Å². The smallest absolute Gasteiger partial charge is 0.244 e. The monoisotopic (exact) mass is 428 g/mol. The van der Waals surface area contributed by atoms with E-state index in [1.165, 1.54) is 23.6 Å². The van der Waals surface area contributed by atoms with Crippen molar-refractivity contribution in [1.29, 1.82) is 0 Å². The van der Waals surface area contributed by atoms with E-state index >= 15 is 0 Å². The summed E-state index contributed by atoms with van der Waals surface area (Å²) >= 11 is 7.87. The number of ketones is 1. The molecule has 1 amide bonds. The number of hydrogen-bond donors (Lipinski definition) is 1. The standard InChI is InChI=1S/C21H17ClN2O4S/c1-12(25)18-3-4-19(29-18)13-8-14-9-16(27-21(14)17(22)10-13)11-23-20(26)5-2-15-6-7-24-28-15/h2-8,10,16H,9,11H2,1H3,(H,23,26). The Morgan fingerprint density at radius 2 is 2.21 bits per heavy atom. The zero-order valence-electron chi connectivity index (χ0n) is 15.5. The number of benzene rings is 1. The summed E-state index contributed by atoms with van der Waals surface area (Å²) in [6, 6.07) is 9.28. The molecule has 2 aromatic heterocycles. The number of amides is 1. The van der Waals surface area contributed by atoms with Crippen LogP contribution in [0.25, 0.3) is 16.5 Å². The van der Waals surface area contributed by atoms with E-state index in [2.05, 4.69) is 10.5 Å². The molecule has 6 nitrogen and oxygen atoms in total. The van der Waals surface area contributed by atoms with Crippen molar-refractivity contribution in [3.05, 3.63) is 63.8 Å². The zero-order chi connectivity index (χ0) is 20.4. The van der Waals surface area contributed by atoms with E-state index in [0.29, 0.717) is 34.4 Å². The highest BCUT2D eigenvalue weighted by atomic mass is 35.5. The predicted molar refractivity (Wildman–Crippen MR) is 111 cm³/mol. The van der Waals surface area contributed by atoms with Gasteiger partial charge in [-0.05, 0) is 42.8 Å². The molecule has 0 bridgehead atoms. The van der Waals surface area contributed by atoms with Crippen LogP contribution in [0.2, 0.25) is 5.02 Å². The molecular weight excluding hydrogens is 412 g/mol. The molecule has 1 aromatic carbocycles. The van der Waals surface area contributed by atoms with Crippen molar-refractivity contribution in [1.82, 2.24) is 10.5 Å². The number of carbonyl (C=O) groups is 2. The second-order valence-electron chi connectivity index (χ2n) is 6.60. The van der Waals surface area contributed by atoms with E-state index in [0.717, 1.165) is 16.0 Å². The SMILES string of the molecule is CC(=O)c1ccc(-c2cc(Cl)c3c(c2)CC(CNC(=O)C=Cc2ccno2)O3)s1. The predicted octanol–water partition coefficient (Wildman–Crippen LogP) is 4.39. The maximum atomic E-state index is 12.0. The van der Waals surface area contributed by atoms with Crippen LogP contribution in [0.5, 0.6) is 5.75 Å². The Balaban J connectivity index is 1.40. The molecule has 0 aliphatic carbocycles. The van der Waals surface area contributed by atoms with E-state index in [9.17, 15) is 9.59 Å². The minimum Gasteiger partial charge on any atom is -0.486 e. The van der Waals surface area contributed by atoms with Crippen molar-refractivity contribution >= 4 is 40.7 Å². The molecule has 3 aromatic rings. The van der Waals surface area contributed by atoms with Gasteiger partial charge in [0.1, 0.15) is 11.9 Å². The molecule has 0 saturated carbocycles. The van der Waals surface area contributed by atoms with Crippen LogP contribution >= 0.6 is 22.9 Å². The highest BCUT2D eigenvalue weighted by molar-refractivity contribution is 7.17. The van der Waals surface area contributed by atoms with Gasteiger partial charge >= 0.3 is 0 Å². The summed E-state index contributed by atoms with van der Waals surface area (Å²) in [6.07, 6.45) is 4.89. The first-order chi connectivity index (χ1) is 14.0. The number of hydrogen-bond acceptors (Lipinski definition) is 6. The second-order valence-corrected chi connectivity index (χ2v) is 8.09.